The molecule has 0 aromatic carbocycles. The molecule has 1 aromatic rings. The lowest BCUT2D eigenvalue weighted by Gasteiger charge is -1.82. The molecule has 0 radical (unpaired) electrons. The molecule has 0 atom stereocenters. The minimum atomic E-state index is 0.0237. The highest BCUT2D eigenvalue weighted by Crippen LogP contribution is 1.94. The van der Waals surface area contributed by atoms with Crippen LogP contribution in [0.5, 0.6) is 0 Å². The van der Waals surface area contributed by atoms with Crippen molar-refractivity contribution in [2.75, 3.05) is 0 Å². The molecule has 0 saturated carbocycles. The quantitative estimate of drug-likeness (QED) is 0.566. The van der Waals surface area contributed by atoms with E-state index in [1.807, 2.05) is 6.92 Å². The fourth-order valence-electron chi connectivity index (χ4n) is 0.600. The van der Waals surface area contributed by atoms with Crippen LogP contribution in [0, 0.1) is 6.92 Å². The summed E-state index contributed by atoms with van der Waals surface area (Å²) in [5, 5.41) is 0. The summed E-state index contributed by atoms with van der Waals surface area (Å²) in [4.78, 5) is 17.3. The van der Waals surface area contributed by atoms with Crippen molar-refractivity contribution in [2.45, 2.75) is 13.8 Å². The van der Waals surface area contributed by atoms with E-state index in [0.29, 0.717) is 5.69 Å². The predicted molar refractivity (Wildman–Crippen MR) is 33.3 cm³/mol. The molecule has 1 N–H and O–H groups in total. The SMILES string of the molecule is CC(=O)c1cnc(C)[nH]1. The molecule has 1 aromatic heterocycles. The number of hydrogen-bond donors (Lipinski definition) is 1. The number of carbonyl (C=O) groups is 1. The molecule has 1 heterocycles. The Morgan fingerprint density at radius 3 is 2.67 bits per heavy atom. The maximum absolute atomic E-state index is 10.6. The highest BCUT2D eigenvalue weighted by molar-refractivity contribution is 5.91. The number of nitrogens with one attached hydrogen (secondary N) is 1. The van der Waals surface area contributed by atoms with Crippen molar-refractivity contribution in [1.82, 2.24) is 9.97 Å². The van der Waals surface area contributed by atoms with Gasteiger partial charge in [-0.25, -0.2) is 4.98 Å². The van der Waals surface area contributed by atoms with Crippen molar-refractivity contribution >= 4 is 5.78 Å². The Bertz CT molecular complexity index is 227. The van der Waals surface area contributed by atoms with Crippen molar-refractivity contribution in [3.05, 3.63) is 17.7 Å². The van der Waals surface area contributed by atoms with Gasteiger partial charge in [-0.05, 0) is 6.92 Å². The standard InChI is InChI=1S/C6H8N2O/c1-4(9)6-3-7-5(2)8-6/h3H,1-2H3,(H,7,8). The fraction of sp³-hybridized carbons (Fsp3) is 0.333. The predicted octanol–water partition coefficient (Wildman–Crippen LogP) is 0.921. The molecule has 0 aliphatic rings. The first-order valence-corrected chi connectivity index (χ1v) is 2.72. The summed E-state index contributed by atoms with van der Waals surface area (Å²) in [6, 6.07) is 0. The molecular weight excluding hydrogens is 116 g/mol. The minimum Gasteiger partial charge on any atom is -0.340 e. The van der Waals surface area contributed by atoms with Crippen LogP contribution in [0.4, 0.5) is 0 Å². The van der Waals surface area contributed by atoms with E-state index in [-0.39, 0.29) is 5.78 Å². The molecule has 1 rings (SSSR count). The van der Waals surface area contributed by atoms with E-state index in [1.165, 1.54) is 13.1 Å². The summed E-state index contributed by atoms with van der Waals surface area (Å²) in [7, 11) is 0. The third-order valence-electron chi connectivity index (χ3n) is 1.08. The summed E-state index contributed by atoms with van der Waals surface area (Å²) in [6.07, 6.45) is 1.54. The Morgan fingerprint density at radius 1 is 1.78 bits per heavy atom. The van der Waals surface area contributed by atoms with Gasteiger partial charge in [-0.2, -0.15) is 0 Å². The zero-order valence-electron chi connectivity index (χ0n) is 5.43. The second-order valence-corrected chi connectivity index (χ2v) is 1.94. The number of Topliss-reactive ketones (excluding diaryl/α,β-unsaturated/α-hetero) is 1. The average molecular weight is 124 g/mol. The van der Waals surface area contributed by atoms with Gasteiger partial charge in [-0.15, -0.1) is 0 Å². The molecule has 3 nitrogen and oxygen atoms in total. The van der Waals surface area contributed by atoms with E-state index < -0.39 is 0 Å². The number of carbonyl (C=O) groups excluding carboxylic acids is 1. The van der Waals surface area contributed by atoms with E-state index in [1.54, 1.807) is 0 Å². The van der Waals surface area contributed by atoms with Crippen LogP contribution in [0.25, 0.3) is 0 Å². The van der Waals surface area contributed by atoms with Crippen LogP contribution >= 0.6 is 0 Å². The second kappa shape index (κ2) is 2.01. The Morgan fingerprint density at radius 2 is 2.44 bits per heavy atom. The molecule has 3 heteroatoms. The lowest BCUT2D eigenvalue weighted by atomic mass is 10.3. The number of rotatable bonds is 1. The highest BCUT2D eigenvalue weighted by atomic mass is 16.1. The highest BCUT2D eigenvalue weighted by Gasteiger charge is 1.99. The van der Waals surface area contributed by atoms with Gasteiger partial charge < -0.3 is 4.98 Å². The molecule has 0 spiro atoms. The number of imidazole rings is 1. The number of H-pyrrole nitrogens is 1. The summed E-state index contributed by atoms with van der Waals surface area (Å²) >= 11 is 0. The Labute approximate surface area is 53.1 Å². The van der Waals surface area contributed by atoms with E-state index >= 15 is 0 Å². The zero-order valence-corrected chi connectivity index (χ0v) is 5.43. The van der Waals surface area contributed by atoms with E-state index in [9.17, 15) is 4.79 Å². The molecule has 0 aliphatic heterocycles. The smallest absolute Gasteiger partial charge is 0.177 e. The van der Waals surface area contributed by atoms with Gasteiger partial charge in [0.15, 0.2) is 5.78 Å². The van der Waals surface area contributed by atoms with Gasteiger partial charge in [0.2, 0.25) is 0 Å². The first kappa shape index (κ1) is 6.01. The molecule has 48 valence electrons. The average Bonchev–Trinajstić information content (AvgIpc) is 2.14. The molecule has 0 unspecified atom stereocenters. The number of aromatic amines is 1. The Kier molecular flexibility index (Phi) is 1.34. The van der Waals surface area contributed by atoms with E-state index in [0.717, 1.165) is 5.82 Å². The van der Waals surface area contributed by atoms with Crippen LogP contribution in [-0.2, 0) is 0 Å². The van der Waals surface area contributed by atoms with Crippen LogP contribution in [0.3, 0.4) is 0 Å². The minimum absolute atomic E-state index is 0.0237. The monoisotopic (exact) mass is 124 g/mol. The normalized spacial score (nSPS) is 9.56. The van der Waals surface area contributed by atoms with Crippen LogP contribution < -0.4 is 0 Å². The second-order valence-electron chi connectivity index (χ2n) is 1.94. The number of aromatic nitrogens is 2. The number of nitrogens with zero attached hydrogens (tertiary/aromatic N) is 1. The largest absolute Gasteiger partial charge is 0.340 e. The topological polar surface area (TPSA) is 45.8 Å². The van der Waals surface area contributed by atoms with Gasteiger partial charge in [0.25, 0.3) is 0 Å². The zero-order chi connectivity index (χ0) is 6.85. The summed E-state index contributed by atoms with van der Waals surface area (Å²) in [6.45, 7) is 3.32. The lowest BCUT2D eigenvalue weighted by Crippen LogP contribution is -1.90. The number of hydrogen-bond acceptors (Lipinski definition) is 2. The van der Waals surface area contributed by atoms with Crippen LogP contribution in [-0.4, -0.2) is 15.8 Å². The van der Waals surface area contributed by atoms with Gasteiger partial charge in [-0.3, -0.25) is 4.79 Å². The Hall–Kier alpha value is -1.12. The van der Waals surface area contributed by atoms with Crippen LogP contribution in [0.1, 0.15) is 23.2 Å². The van der Waals surface area contributed by atoms with Crippen LogP contribution in [0.15, 0.2) is 6.20 Å². The van der Waals surface area contributed by atoms with Gasteiger partial charge in [0.05, 0.1) is 6.20 Å². The van der Waals surface area contributed by atoms with E-state index in [4.69, 9.17) is 0 Å². The number of ketones is 1. The van der Waals surface area contributed by atoms with Crippen LogP contribution in [0.2, 0.25) is 0 Å². The molecular formula is C6H8N2O. The molecule has 9 heavy (non-hydrogen) atoms. The van der Waals surface area contributed by atoms with Gasteiger partial charge in [0, 0.05) is 6.92 Å². The summed E-state index contributed by atoms with van der Waals surface area (Å²) < 4.78 is 0. The molecule has 0 aliphatic carbocycles. The summed E-state index contributed by atoms with van der Waals surface area (Å²) in [5.41, 5.74) is 0.576. The van der Waals surface area contributed by atoms with Gasteiger partial charge in [-0.1, -0.05) is 0 Å². The maximum atomic E-state index is 10.6. The lowest BCUT2D eigenvalue weighted by molar-refractivity contribution is 0.101. The number of aryl methyl sites for hydroxylation is 1. The molecule has 0 bridgehead atoms. The molecule has 0 amide bonds. The van der Waals surface area contributed by atoms with Crippen molar-refractivity contribution in [3.63, 3.8) is 0 Å². The van der Waals surface area contributed by atoms with Crippen molar-refractivity contribution in [2.24, 2.45) is 0 Å². The van der Waals surface area contributed by atoms with E-state index in [2.05, 4.69) is 9.97 Å². The molecule has 0 saturated heterocycles. The first-order chi connectivity index (χ1) is 4.20. The van der Waals surface area contributed by atoms with Crippen molar-refractivity contribution < 1.29 is 4.79 Å². The molecule has 0 fully saturated rings. The summed E-state index contributed by atoms with van der Waals surface area (Å²) in [5.74, 6) is 0.802. The van der Waals surface area contributed by atoms with Gasteiger partial charge in [0.1, 0.15) is 11.5 Å². The maximum Gasteiger partial charge on any atom is 0.177 e. The van der Waals surface area contributed by atoms with Crippen molar-refractivity contribution in [1.29, 1.82) is 0 Å². The first-order valence-electron chi connectivity index (χ1n) is 2.72. The Balaban J connectivity index is 2.98. The third kappa shape index (κ3) is 1.16. The third-order valence-corrected chi connectivity index (χ3v) is 1.08. The fourth-order valence-corrected chi connectivity index (χ4v) is 0.600. The van der Waals surface area contributed by atoms with Crippen molar-refractivity contribution in [3.8, 4) is 0 Å². The van der Waals surface area contributed by atoms with Gasteiger partial charge >= 0.3 is 0 Å².